The van der Waals surface area contributed by atoms with Crippen LogP contribution in [0.3, 0.4) is 0 Å². The molecule has 0 bridgehead atoms. The standard InChI is InChI=1S/C12H16N4O5/c1-12(2,11(19)13-3)6-14-9-8(16(20)21)5-4-7(15-9)10(17)18/h4-5H,6H2,1-3H3,(H,13,19)(H,14,15)(H,17,18). The van der Waals surface area contributed by atoms with Crippen LogP contribution in [0.2, 0.25) is 0 Å². The van der Waals surface area contributed by atoms with E-state index >= 15 is 0 Å². The molecule has 3 N–H and O–H groups in total. The van der Waals surface area contributed by atoms with E-state index in [0.717, 1.165) is 12.1 Å². The third-order valence-corrected chi connectivity index (χ3v) is 2.83. The monoisotopic (exact) mass is 296 g/mol. The van der Waals surface area contributed by atoms with Crippen LogP contribution in [0.5, 0.6) is 0 Å². The van der Waals surface area contributed by atoms with Crippen molar-refractivity contribution in [1.29, 1.82) is 0 Å². The van der Waals surface area contributed by atoms with Crippen molar-refractivity contribution in [3.05, 3.63) is 27.9 Å². The maximum absolute atomic E-state index is 11.6. The topological polar surface area (TPSA) is 134 Å². The molecule has 0 unspecified atom stereocenters. The number of aromatic nitrogens is 1. The van der Waals surface area contributed by atoms with Crippen LogP contribution in [0.25, 0.3) is 0 Å². The number of hydrogen-bond donors (Lipinski definition) is 3. The summed E-state index contributed by atoms with van der Waals surface area (Å²) in [5.74, 6) is -1.73. The highest BCUT2D eigenvalue weighted by atomic mass is 16.6. The lowest BCUT2D eigenvalue weighted by atomic mass is 9.92. The number of nitro groups is 1. The lowest BCUT2D eigenvalue weighted by molar-refractivity contribution is -0.384. The predicted molar refractivity (Wildman–Crippen MR) is 74.2 cm³/mol. The fourth-order valence-electron chi connectivity index (χ4n) is 1.57. The molecule has 1 aromatic rings. The summed E-state index contributed by atoms with van der Waals surface area (Å²) in [6, 6.07) is 2.11. The number of carboxylic acids is 1. The number of nitrogens with one attached hydrogen (secondary N) is 2. The minimum Gasteiger partial charge on any atom is -0.477 e. The van der Waals surface area contributed by atoms with Crippen LogP contribution in [0.4, 0.5) is 11.5 Å². The van der Waals surface area contributed by atoms with Crippen molar-refractivity contribution in [2.75, 3.05) is 18.9 Å². The van der Waals surface area contributed by atoms with E-state index in [1.165, 1.54) is 7.05 Å². The van der Waals surface area contributed by atoms with Crippen LogP contribution in [-0.4, -0.2) is 40.5 Å². The largest absolute Gasteiger partial charge is 0.477 e. The van der Waals surface area contributed by atoms with Crippen LogP contribution in [0.1, 0.15) is 24.3 Å². The Morgan fingerprint density at radius 1 is 1.43 bits per heavy atom. The number of carbonyl (C=O) groups excluding carboxylic acids is 1. The molecule has 0 aromatic carbocycles. The van der Waals surface area contributed by atoms with Gasteiger partial charge in [-0.2, -0.15) is 0 Å². The van der Waals surface area contributed by atoms with Gasteiger partial charge in [-0.05, 0) is 19.9 Å². The van der Waals surface area contributed by atoms with Crippen molar-refractivity contribution in [1.82, 2.24) is 10.3 Å². The second kappa shape index (κ2) is 6.16. The summed E-state index contributed by atoms with van der Waals surface area (Å²) in [4.78, 5) is 36.5. The molecule has 0 spiro atoms. The van der Waals surface area contributed by atoms with Crippen LogP contribution in [0, 0.1) is 15.5 Å². The second-order valence-corrected chi connectivity index (χ2v) is 4.94. The van der Waals surface area contributed by atoms with E-state index in [4.69, 9.17) is 5.11 Å². The fraction of sp³-hybridized carbons (Fsp3) is 0.417. The summed E-state index contributed by atoms with van der Waals surface area (Å²) < 4.78 is 0. The van der Waals surface area contributed by atoms with Gasteiger partial charge in [0.05, 0.1) is 10.3 Å². The minimum absolute atomic E-state index is 0.0591. The normalized spacial score (nSPS) is 10.8. The van der Waals surface area contributed by atoms with Crippen molar-refractivity contribution >= 4 is 23.4 Å². The molecule has 0 fully saturated rings. The van der Waals surface area contributed by atoms with Crippen LogP contribution < -0.4 is 10.6 Å². The Hall–Kier alpha value is -2.71. The maximum Gasteiger partial charge on any atom is 0.354 e. The number of amides is 1. The number of aromatic carboxylic acids is 1. The number of pyridine rings is 1. The SMILES string of the molecule is CNC(=O)C(C)(C)CNc1nc(C(=O)O)ccc1[N+](=O)[O-]. The van der Waals surface area contributed by atoms with Gasteiger partial charge in [-0.1, -0.05) is 0 Å². The van der Waals surface area contributed by atoms with E-state index in [1.807, 2.05) is 0 Å². The van der Waals surface area contributed by atoms with E-state index in [-0.39, 0.29) is 29.7 Å². The van der Waals surface area contributed by atoms with Gasteiger partial charge in [0.2, 0.25) is 11.7 Å². The van der Waals surface area contributed by atoms with E-state index < -0.39 is 16.3 Å². The molecular weight excluding hydrogens is 280 g/mol. The highest BCUT2D eigenvalue weighted by Crippen LogP contribution is 2.24. The zero-order valence-corrected chi connectivity index (χ0v) is 11.8. The zero-order chi connectivity index (χ0) is 16.2. The quantitative estimate of drug-likeness (QED) is 0.523. The summed E-state index contributed by atoms with van der Waals surface area (Å²) >= 11 is 0. The van der Waals surface area contributed by atoms with E-state index in [2.05, 4.69) is 15.6 Å². The van der Waals surface area contributed by atoms with Crippen LogP contribution in [-0.2, 0) is 4.79 Å². The first kappa shape index (κ1) is 16.3. The number of hydrogen-bond acceptors (Lipinski definition) is 6. The molecule has 0 atom stereocenters. The average Bonchev–Trinajstić information content (AvgIpc) is 2.43. The molecule has 1 heterocycles. The minimum atomic E-state index is -1.29. The Kier molecular flexibility index (Phi) is 4.79. The molecule has 9 nitrogen and oxygen atoms in total. The van der Waals surface area contributed by atoms with Gasteiger partial charge >= 0.3 is 11.7 Å². The van der Waals surface area contributed by atoms with Crippen molar-refractivity contribution in [3.8, 4) is 0 Å². The lowest BCUT2D eigenvalue weighted by Crippen LogP contribution is -2.39. The zero-order valence-electron chi connectivity index (χ0n) is 11.8. The third kappa shape index (κ3) is 3.88. The van der Waals surface area contributed by atoms with E-state index in [9.17, 15) is 19.7 Å². The molecule has 0 radical (unpaired) electrons. The molecule has 0 saturated heterocycles. The summed E-state index contributed by atoms with van der Waals surface area (Å²) in [5.41, 5.74) is -1.52. The Morgan fingerprint density at radius 2 is 2.05 bits per heavy atom. The van der Waals surface area contributed by atoms with Crippen molar-refractivity contribution < 1.29 is 19.6 Å². The van der Waals surface area contributed by atoms with Gasteiger partial charge < -0.3 is 15.7 Å². The van der Waals surface area contributed by atoms with Crippen molar-refractivity contribution in [2.24, 2.45) is 5.41 Å². The molecule has 1 aromatic heterocycles. The van der Waals surface area contributed by atoms with Gasteiger partial charge in [-0.15, -0.1) is 0 Å². The number of anilines is 1. The first-order chi connectivity index (χ1) is 9.69. The highest BCUT2D eigenvalue weighted by molar-refractivity contribution is 5.86. The van der Waals surface area contributed by atoms with Gasteiger partial charge in [-0.25, -0.2) is 9.78 Å². The Labute approximate surface area is 120 Å². The van der Waals surface area contributed by atoms with E-state index in [1.54, 1.807) is 13.8 Å². The van der Waals surface area contributed by atoms with Crippen molar-refractivity contribution in [2.45, 2.75) is 13.8 Å². The third-order valence-electron chi connectivity index (χ3n) is 2.83. The Morgan fingerprint density at radius 3 is 2.52 bits per heavy atom. The molecule has 0 saturated carbocycles. The molecule has 9 heteroatoms. The summed E-state index contributed by atoms with van der Waals surface area (Å²) in [6.45, 7) is 3.35. The van der Waals surface area contributed by atoms with Gasteiger partial charge in [0.25, 0.3) is 0 Å². The van der Waals surface area contributed by atoms with Crippen LogP contribution in [0.15, 0.2) is 12.1 Å². The Bertz CT molecular complexity index is 585. The number of nitrogens with zero attached hydrogens (tertiary/aromatic N) is 2. The summed E-state index contributed by atoms with van der Waals surface area (Å²) in [5, 5.41) is 24.9. The molecule has 0 aliphatic rings. The first-order valence-corrected chi connectivity index (χ1v) is 6.04. The molecule has 0 aliphatic carbocycles. The molecule has 114 valence electrons. The molecule has 21 heavy (non-hydrogen) atoms. The first-order valence-electron chi connectivity index (χ1n) is 6.04. The number of carbonyl (C=O) groups is 2. The second-order valence-electron chi connectivity index (χ2n) is 4.94. The molecule has 0 aliphatic heterocycles. The summed E-state index contributed by atoms with van der Waals surface area (Å²) in [6.07, 6.45) is 0. The molecule has 1 amide bonds. The number of rotatable bonds is 6. The smallest absolute Gasteiger partial charge is 0.354 e. The maximum atomic E-state index is 11.6. The molecular formula is C12H16N4O5. The predicted octanol–water partition coefficient (Wildman–Crippen LogP) is 0.872. The highest BCUT2D eigenvalue weighted by Gasteiger charge is 2.28. The number of carboxylic acid groups (broad SMARTS) is 1. The lowest BCUT2D eigenvalue weighted by Gasteiger charge is -2.23. The summed E-state index contributed by atoms with van der Waals surface area (Å²) in [7, 11) is 1.48. The van der Waals surface area contributed by atoms with E-state index in [0.29, 0.717) is 0 Å². The Balaban J connectivity index is 3.05. The van der Waals surface area contributed by atoms with Crippen molar-refractivity contribution in [3.63, 3.8) is 0 Å². The van der Waals surface area contributed by atoms with Gasteiger partial charge in [-0.3, -0.25) is 14.9 Å². The van der Waals surface area contributed by atoms with Gasteiger partial charge in [0.1, 0.15) is 0 Å². The average molecular weight is 296 g/mol. The van der Waals surface area contributed by atoms with Gasteiger partial charge in [0.15, 0.2) is 5.69 Å². The van der Waals surface area contributed by atoms with Gasteiger partial charge in [0, 0.05) is 19.7 Å². The molecule has 1 rings (SSSR count). The fourth-order valence-corrected chi connectivity index (χ4v) is 1.57. The van der Waals surface area contributed by atoms with Crippen LogP contribution >= 0.6 is 0 Å².